The van der Waals surface area contributed by atoms with Crippen LogP contribution in [-0.4, -0.2) is 16.1 Å². The molecule has 0 fully saturated rings. The first kappa shape index (κ1) is 12.5. The number of halogens is 1. The fourth-order valence-corrected chi connectivity index (χ4v) is 2.18. The topological polar surface area (TPSA) is 62.2 Å². The van der Waals surface area contributed by atoms with E-state index in [0.717, 1.165) is 16.6 Å². The number of hydrogen-bond acceptors (Lipinski definition) is 4. The van der Waals surface area contributed by atoms with Crippen molar-refractivity contribution >= 4 is 23.0 Å². The normalized spacial score (nSPS) is 10.3. The van der Waals surface area contributed by atoms with E-state index < -0.39 is 11.8 Å². The molecule has 0 radical (unpaired) electrons. The standard InChI is InChI=1S/C12H11FN2O2S/c1-7-11(18-6-15-7)5-14-10-4-8(12(16)17)2-3-9(10)13/h2-4,6,14H,5H2,1H3,(H,16,17). The van der Waals surface area contributed by atoms with Gasteiger partial charge in [0.05, 0.1) is 29.0 Å². The van der Waals surface area contributed by atoms with Crippen molar-refractivity contribution in [1.29, 1.82) is 0 Å². The maximum absolute atomic E-state index is 13.5. The molecule has 0 spiro atoms. The molecule has 94 valence electrons. The van der Waals surface area contributed by atoms with Gasteiger partial charge in [-0.1, -0.05) is 0 Å². The second kappa shape index (κ2) is 5.14. The number of benzene rings is 1. The second-order valence-electron chi connectivity index (χ2n) is 3.71. The van der Waals surface area contributed by atoms with Crippen LogP contribution in [0.5, 0.6) is 0 Å². The molecular formula is C12H11FN2O2S. The van der Waals surface area contributed by atoms with Crippen molar-refractivity contribution in [2.24, 2.45) is 0 Å². The highest BCUT2D eigenvalue weighted by Gasteiger charge is 2.09. The van der Waals surface area contributed by atoms with Crippen molar-refractivity contribution in [3.8, 4) is 0 Å². The van der Waals surface area contributed by atoms with Crippen molar-refractivity contribution in [2.45, 2.75) is 13.5 Å². The first-order valence-electron chi connectivity index (χ1n) is 5.23. The molecule has 4 nitrogen and oxygen atoms in total. The van der Waals surface area contributed by atoms with Crippen molar-refractivity contribution < 1.29 is 14.3 Å². The Labute approximate surface area is 107 Å². The summed E-state index contributed by atoms with van der Waals surface area (Å²) < 4.78 is 13.5. The molecule has 0 saturated heterocycles. The van der Waals surface area contributed by atoms with Gasteiger partial charge in [-0.2, -0.15) is 0 Å². The summed E-state index contributed by atoms with van der Waals surface area (Å²) in [7, 11) is 0. The van der Waals surface area contributed by atoms with Gasteiger partial charge in [-0.3, -0.25) is 0 Å². The third-order valence-electron chi connectivity index (χ3n) is 2.50. The van der Waals surface area contributed by atoms with E-state index >= 15 is 0 Å². The summed E-state index contributed by atoms with van der Waals surface area (Å²) in [6.45, 7) is 2.30. The molecule has 2 aromatic rings. The Morgan fingerprint density at radius 2 is 2.33 bits per heavy atom. The third-order valence-corrected chi connectivity index (χ3v) is 3.43. The van der Waals surface area contributed by atoms with Crippen LogP contribution in [0.1, 0.15) is 20.9 Å². The Bertz CT molecular complexity index is 583. The number of rotatable bonds is 4. The van der Waals surface area contributed by atoms with E-state index in [1.165, 1.54) is 23.5 Å². The summed E-state index contributed by atoms with van der Waals surface area (Å²) in [4.78, 5) is 15.9. The molecule has 2 N–H and O–H groups in total. The van der Waals surface area contributed by atoms with E-state index in [9.17, 15) is 9.18 Å². The van der Waals surface area contributed by atoms with Crippen molar-refractivity contribution in [3.63, 3.8) is 0 Å². The molecule has 1 aromatic carbocycles. The second-order valence-corrected chi connectivity index (χ2v) is 4.65. The summed E-state index contributed by atoms with van der Waals surface area (Å²) >= 11 is 1.47. The van der Waals surface area contributed by atoms with Crippen LogP contribution < -0.4 is 5.32 Å². The average Bonchev–Trinajstić information content (AvgIpc) is 2.73. The number of thiazole rings is 1. The Morgan fingerprint density at radius 1 is 1.56 bits per heavy atom. The van der Waals surface area contributed by atoms with Crippen LogP contribution in [0.25, 0.3) is 0 Å². The SMILES string of the molecule is Cc1ncsc1CNc1cc(C(=O)O)ccc1F. The molecule has 6 heteroatoms. The Balaban J connectivity index is 2.16. The lowest BCUT2D eigenvalue weighted by Crippen LogP contribution is -2.04. The van der Waals surface area contributed by atoms with Crippen LogP contribution in [0.3, 0.4) is 0 Å². The van der Waals surface area contributed by atoms with Crippen molar-refractivity contribution in [1.82, 2.24) is 4.98 Å². The minimum atomic E-state index is -1.08. The van der Waals surface area contributed by atoms with E-state index in [-0.39, 0.29) is 11.3 Å². The lowest BCUT2D eigenvalue weighted by Gasteiger charge is -2.07. The fourth-order valence-electron chi connectivity index (χ4n) is 1.47. The van der Waals surface area contributed by atoms with Gasteiger partial charge in [-0.05, 0) is 25.1 Å². The molecule has 2 rings (SSSR count). The van der Waals surface area contributed by atoms with Gasteiger partial charge in [-0.15, -0.1) is 11.3 Å². The van der Waals surface area contributed by atoms with Crippen LogP contribution in [0.15, 0.2) is 23.7 Å². The van der Waals surface area contributed by atoms with E-state index in [4.69, 9.17) is 5.11 Å². The highest BCUT2D eigenvalue weighted by Crippen LogP contribution is 2.19. The largest absolute Gasteiger partial charge is 0.478 e. The Hall–Kier alpha value is -1.95. The number of aromatic nitrogens is 1. The van der Waals surface area contributed by atoms with Gasteiger partial charge >= 0.3 is 5.97 Å². The summed E-state index contributed by atoms with van der Waals surface area (Å²) in [5, 5.41) is 11.7. The molecule has 0 bridgehead atoms. The molecule has 18 heavy (non-hydrogen) atoms. The number of anilines is 1. The Kier molecular flexibility index (Phi) is 3.57. The van der Waals surface area contributed by atoms with Gasteiger partial charge in [0.25, 0.3) is 0 Å². The van der Waals surface area contributed by atoms with E-state index in [2.05, 4.69) is 10.3 Å². The summed E-state index contributed by atoms with van der Waals surface area (Å²) in [5.41, 5.74) is 2.85. The fraction of sp³-hybridized carbons (Fsp3) is 0.167. The molecule has 0 aliphatic heterocycles. The van der Waals surface area contributed by atoms with Crippen LogP contribution in [-0.2, 0) is 6.54 Å². The molecule has 0 aliphatic rings. The molecule has 1 heterocycles. The minimum absolute atomic E-state index is 0.0555. The molecule has 0 aliphatic carbocycles. The summed E-state index contributed by atoms with van der Waals surface area (Å²) in [6.07, 6.45) is 0. The van der Waals surface area contributed by atoms with E-state index in [1.54, 1.807) is 5.51 Å². The zero-order valence-electron chi connectivity index (χ0n) is 9.61. The molecule has 0 atom stereocenters. The number of nitrogens with one attached hydrogen (secondary N) is 1. The van der Waals surface area contributed by atoms with Gasteiger partial charge < -0.3 is 10.4 Å². The summed E-state index contributed by atoms with van der Waals surface area (Å²) in [6, 6.07) is 3.67. The Morgan fingerprint density at radius 3 is 2.94 bits per heavy atom. The highest BCUT2D eigenvalue weighted by molar-refractivity contribution is 7.09. The van der Waals surface area contributed by atoms with Gasteiger partial charge in [0.1, 0.15) is 5.82 Å². The number of aryl methyl sites for hydroxylation is 1. The molecular weight excluding hydrogens is 255 g/mol. The first-order valence-corrected chi connectivity index (χ1v) is 6.11. The molecule has 0 saturated carbocycles. The maximum Gasteiger partial charge on any atom is 0.335 e. The summed E-state index contributed by atoms with van der Waals surface area (Å²) in [5.74, 6) is -1.55. The number of aromatic carboxylic acids is 1. The van der Waals surface area contributed by atoms with Gasteiger partial charge in [-0.25, -0.2) is 14.2 Å². The van der Waals surface area contributed by atoms with E-state index in [0.29, 0.717) is 6.54 Å². The smallest absolute Gasteiger partial charge is 0.335 e. The molecule has 0 unspecified atom stereocenters. The molecule has 1 aromatic heterocycles. The number of carbonyl (C=O) groups is 1. The predicted molar refractivity (Wildman–Crippen MR) is 67.5 cm³/mol. The minimum Gasteiger partial charge on any atom is -0.478 e. The lowest BCUT2D eigenvalue weighted by molar-refractivity contribution is 0.0697. The molecule has 0 amide bonds. The zero-order chi connectivity index (χ0) is 13.1. The van der Waals surface area contributed by atoms with Crippen LogP contribution in [0.4, 0.5) is 10.1 Å². The van der Waals surface area contributed by atoms with Gasteiger partial charge in [0.15, 0.2) is 0 Å². The van der Waals surface area contributed by atoms with Crippen LogP contribution >= 0.6 is 11.3 Å². The monoisotopic (exact) mass is 266 g/mol. The van der Waals surface area contributed by atoms with Gasteiger partial charge in [0.2, 0.25) is 0 Å². The number of nitrogens with zero attached hydrogens (tertiary/aromatic N) is 1. The van der Waals surface area contributed by atoms with E-state index in [1.807, 2.05) is 6.92 Å². The maximum atomic E-state index is 13.5. The average molecular weight is 266 g/mol. The number of hydrogen-bond donors (Lipinski definition) is 2. The van der Waals surface area contributed by atoms with Crippen molar-refractivity contribution in [2.75, 3.05) is 5.32 Å². The van der Waals surface area contributed by atoms with Crippen LogP contribution in [0, 0.1) is 12.7 Å². The van der Waals surface area contributed by atoms with Crippen molar-refractivity contribution in [3.05, 3.63) is 45.7 Å². The van der Waals surface area contributed by atoms with Gasteiger partial charge in [0, 0.05) is 4.88 Å². The lowest BCUT2D eigenvalue weighted by atomic mass is 10.2. The number of carboxylic acid groups (broad SMARTS) is 1. The highest BCUT2D eigenvalue weighted by atomic mass is 32.1. The predicted octanol–water partition coefficient (Wildman–Crippen LogP) is 2.90. The number of carboxylic acids is 1. The quantitative estimate of drug-likeness (QED) is 0.893. The first-order chi connectivity index (χ1) is 8.58. The zero-order valence-corrected chi connectivity index (χ0v) is 10.4. The van der Waals surface area contributed by atoms with Crippen LogP contribution in [0.2, 0.25) is 0 Å². The third kappa shape index (κ3) is 2.65.